The van der Waals surface area contributed by atoms with Crippen LogP contribution in [0.15, 0.2) is 48.9 Å². The molecule has 0 radical (unpaired) electrons. The minimum absolute atomic E-state index is 0.115. The molecule has 31 heavy (non-hydrogen) atoms. The first-order valence-corrected chi connectivity index (χ1v) is 9.83. The van der Waals surface area contributed by atoms with E-state index in [0.29, 0.717) is 29.3 Å². The lowest BCUT2D eigenvalue weighted by atomic mass is 10.1. The van der Waals surface area contributed by atoms with Gasteiger partial charge in [-0.25, -0.2) is 9.97 Å². The molecular formula is C22H19N9. The van der Waals surface area contributed by atoms with Crippen LogP contribution in [0.5, 0.6) is 0 Å². The summed E-state index contributed by atoms with van der Waals surface area (Å²) < 4.78 is 2.05. The van der Waals surface area contributed by atoms with Crippen LogP contribution >= 0.6 is 0 Å². The van der Waals surface area contributed by atoms with Crippen LogP contribution in [0.3, 0.4) is 0 Å². The molecule has 0 fully saturated rings. The highest BCUT2D eigenvalue weighted by atomic mass is 15.3. The highest BCUT2D eigenvalue weighted by molar-refractivity contribution is 5.76. The first kappa shape index (κ1) is 18.7. The van der Waals surface area contributed by atoms with Gasteiger partial charge in [0.25, 0.3) is 0 Å². The van der Waals surface area contributed by atoms with Crippen molar-refractivity contribution in [2.24, 2.45) is 0 Å². The predicted octanol–water partition coefficient (Wildman–Crippen LogP) is 3.14. The molecule has 0 aliphatic carbocycles. The molecule has 4 aromatic rings. The van der Waals surface area contributed by atoms with Crippen LogP contribution < -0.4 is 10.6 Å². The number of nitriles is 1. The molecule has 1 atom stereocenters. The van der Waals surface area contributed by atoms with Gasteiger partial charge in [0.2, 0.25) is 0 Å². The standard InChI is InChI=1S/C22H19N9/c1-13-12-30(16-5-3-15(8-23)4-6-16)19-7-17(18-9-27-21(24)11-26-18)25-10-20(19)31-14(2)28-29-22(13)31/h3-7,9-11,13H,12H2,1-2H3,(H2,24,27)/t13-/m1/s1. The fraction of sp³-hybridized carbons (Fsp3) is 0.182. The molecule has 0 saturated heterocycles. The third-order valence-corrected chi connectivity index (χ3v) is 5.38. The molecule has 2 N–H and O–H groups in total. The molecule has 3 aromatic heterocycles. The smallest absolute Gasteiger partial charge is 0.142 e. The predicted molar refractivity (Wildman–Crippen MR) is 116 cm³/mol. The second-order valence-corrected chi connectivity index (χ2v) is 7.50. The van der Waals surface area contributed by atoms with Crippen LogP contribution in [0.25, 0.3) is 17.1 Å². The number of rotatable bonds is 2. The van der Waals surface area contributed by atoms with Gasteiger partial charge in [-0.1, -0.05) is 6.92 Å². The van der Waals surface area contributed by atoms with E-state index >= 15 is 0 Å². The maximum atomic E-state index is 9.17. The summed E-state index contributed by atoms with van der Waals surface area (Å²) in [4.78, 5) is 15.4. The number of anilines is 3. The van der Waals surface area contributed by atoms with Gasteiger partial charge >= 0.3 is 0 Å². The Morgan fingerprint density at radius 3 is 2.48 bits per heavy atom. The zero-order valence-corrected chi connectivity index (χ0v) is 17.1. The average Bonchev–Trinajstić information content (AvgIpc) is 3.13. The average molecular weight is 409 g/mol. The first-order valence-electron chi connectivity index (χ1n) is 9.83. The van der Waals surface area contributed by atoms with Crippen LogP contribution in [0, 0.1) is 18.3 Å². The van der Waals surface area contributed by atoms with E-state index in [4.69, 9.17) is 5.73 Å². The fourth-order valence-electron chi connectivity index (χ4n) is 3.85. The van der Waals surface area contributed by atoms with Crippen LogP contribution in [-0.4, -0.2) is 36.3 Å². The van der Waals surface area contributed by atoms with E-state index in [1.807, 2.05) is 43.5 Å². The Morgan fingerprint density at radius 2 is 1.77 bits per heavy atom. The van der Waals surface area contributed by atoms with Gasteiger partial charge in [0, 0.05) is 18.2 Å². The number of hydrogen-bond acceptors (Lipinski definition) is 8. The SMILES string of the molecule is Cc1nnc2n1-c1cnc(-c3cnc(N)cn3)cc1N(c1ccc(C#N)cc1)C[C@H]2C. The molecule has 1 aliphatic heterocycles. The van der Waals surface area contributed by atoms with E-state index < -0.39 is 0 Å². The van der Waals surface area contributed by atoms with Gasteiger partial charge in [0.05, 0.1) is 47.3 Å². The maximum absolute atomic E-state index is 9.17. The molecule has 0 bridgehead atoms. The van der Waals surface area contributed by atoms with Crippen molar-refractivity contribution in [3.63, 3.8) is 0 Å². The van der Waals surface area contributed by atoms with Crippen molar-refractivity contribution in [1.82, 2.24) is 29.7 Å². The summed E-state index contributed by atoms with van der Waals surface area (Å²) in [5.41, 5.74) is 10.4. The molecule has 4 heterocycles. The lowest BCUT2D eigenvalue weighted by molar-refractivity contribution is 0.695. The largest absolute Gasteiger partial charge is 0.382 e. The summed E-state index contributed by atoms with van der Waals surface area (Å²) in [6.45, 7) is 4.75. The third kappa shape index (κ3) is 3.14. The Hall–Kier alpha value is -4.32. The van der Waals surface area contributed by atoms with Crippen molar-refractivity contribution in [3.05, 3.63) is 66.1 Å². The van der Waals surface area contributed by atoms with Crippen molar-refractivity contribution < 1.29 is 0 Å². The van der Waals surface area contributed by atoms with Crippen LogP contribution in [0.1, 0.15) is 30.1 Å². The minimum atomic E-state index is 0.115. The van der Waals surface area contributed by atoms with Gasteiger partial charge in [-0.2, -0.15) is 5.26 Å². The lowest BCUT2D eigenvalue weighted by Crippen LogP contribution is -2.22. The highest BCUT2D eigenvalue weighted by Crippen LogP contribution is 2.39. The number of benzene rings is 1. The molecule has 0 amide bonds. The summed E-state index contributed by atoms with van der Waals surface area (Å²) in [7, 11) is 0. The van der Waals surface area contributed by atoms with Gasteiger partial charge in [-0.05, 0) is 37.3 Å². The minimum Gasteiger partial charge on any atom is -0.382 e. The molecule has 9 heteroatoms. The molecular weight excluding hydrogens is 390 g/mol. The molecule has 1 aliphatic rings. The van der Waals surface area contributed by atoms with Crippen molar-refractivity contribution in [3.8, 4) is 23.1 Å². The number of pyridine rings is 1. The summed E-state index contributed by atoms with van der Waals surface area (Å²) in [5, 5.41) is 17.9. The zero-order chi connectivity index (χ0) is 21.5. The lowest BCUT2D eigenvalue weighted by Gasteiger charge is -2.26. The summed E-state index contributed by atoms with van der Waals surface area (Å²) >= 11 is 0. The van der Waals surface area contributed by atoms with E-state index in [9.17, 15) is 5.26 Å². The van der Waals surface area contributed by atoms with Crippen molar-refractivity contribution in [2.45, 2.75) is 19.8 Å². The Bertz CT molecular complexity index is 1300. The topological polar surface area (TPSA) is 122 Å². The van der Waals surface area contributed by atoms with E-state index in [-0.39, 0.29) is 5.92 Å². The molecule has 1 aromatic carbocycles. The van der Waals surface area contributed by atoms with E-state index in [1.54, 1.807) is 6.20 Å². The third-order valence-electron chi connectivity index (χ3n) is 5.38. The van der Waals surface area contributed by atoms with Gasteiger partial charge < -0.3 is 10.6 Å². The summed E-state index contributed by atoms with van der Waals surface area (Å²) in [5.74, 6) is 2.16. The fourth-order valence-corrected chi connectivity index (χ4v) is 3.85. The molecule has 0 spiro atoms. The van der Waals surface area contributed by atoms with Crippen molar-refractivity contribution >= 4 is 17.2 Å². The number of nitrogen functional groups attached to an aromatic ring is 1. The normalized spacial score (nSPS) is 15.0. The van der Waals surface area contributed by atoms with E-state index in [2.05, 4.69) is 47.6 Å². The van der Waals surface area contributed by atoms with Crippen molar-refractivity contribution in [2.75, 3.05) is 17.2 Å². The number of hydrogen-bond donors (Lipinski definition) is 1. The zero-order valence-electron chi connectivity index (χ0n) is 17.1. The van der Waals surface area contributed by atoms with Gasteiger partial charge in [-0.15, -0.1) is 10.2 Å². The molecule has 0 unspecified atom stereocenters. The number of aryl methyl sites for hydroxylation is 1. The molecule has 152 valence electrons. The van der Waals surface area contributed by atoms with Crippen LogP contribution in [0.4, 0.5) is 17.2 Å². The van der Waals surface area contributed by atoms with E-state index in [0.717, 1.165) is 28.7 Å². The monoisotopic (exact) mass is 409 g/mol. The van der Waals surface area contributed by atoms with Crippen molar-refractivity contribution in [1.29, 1.82) is 5.26 Å². The quantitative estimate of drug-likeness (QED) is 0.536. The molecule has 9 nitrogen and oxygen atoms in total. The number of nitrogens with zero attached hydrogens (tertiary/aromatic N) is 8. The Morgan fingerprint density at radius 1 is 1.00 bits per heavy atom. The Balaban J connectivity index is 1.72. The van der Waals surface area contributed by atoms with E-state index in [1.165, 1.54) is 6.20 Å². The number of nitrogens with two attached hydrogens (primary N) is 1. The summed E-state index contributed by atoms with van der Waals surface area (Å²) in [6, 6.07) is 11.7. The van der Waals surface area contributed by atoms with Crippen LogP contribution in [-0.2, 0) is 0 Å². The van der Waals surface area contributed by atoms with Gasteiger partial charge in [0.15, 0.2) is 0 Å². The number of aromatic nitrogens is 6. The molecule has 0 saturated carbocycles. The van der Waals surface area contributed by atoms with Gasteiger partial charge in [-0.3, -0.25) is 9.55 Å². The van der Waals surface area contributed by atoms with Crippen LogP contribution in [0.2, 0.25) is 0 Å². The first-order chi connectivity index (χ1) is 15.0. The highest BCUT2D eigenvalue weighted by Gasteiger charge is 2.29. The maximum Gasteiger partial charge on any atom is 0.142 e. The Labute approximate surface area is 178 Å². The summed E-state index contributed by atoms with van der Waals surface area (Å²) in [6.07, 6.45) is 4.95. The second kappa shape index (κ2) is 7.18. The Kier molecular flexibility index (Phi) is 4.33. The van der Waals surface area contributed by atoms with Gasteiger partial charge in [0.1, 0.15) is 23.2 Å². The number of fused-ring (bicyclic) bond motifs is 3. The molecule has 5 rings (SSSR count). The second-order valence-electron chi connectivity index (χ2n) is 7.50.